The van der Waals surface area contributed by atoms with Crippen LogP contribution < -0.4 is 10.2 Å². The number of hydrogen-bond donors (Lipinski definition) is 1. The fourth-order valence-electron chi connectivity index (χ4n) is 3.94. The summed E-state index contributed by atoms with van der Waals surface area (Å²) in [5.41, 5.74) is 1.97. The Morgan fingerprint density at radius 1 is 1.05 bits per heavy atom. The average molecular weight is 296 g/mol. The Labute approximate surface area is 131 Å². The molecule has 4 nitrogen and oxygen atoms in total. The van der Waals surface area contributed by atoms with Gasteiger partial charge in [-0.2, -0.15) is 0 Å². The Kier molecular flexibility index (Phi) is 3.94. The van der Waals surface area contributed by atoms with Crippen molar-refractivity contribution in [3.05, 3.63) is 30.5 Å². The molecule has 1 aliphatic carbocycles. The molecule has 116 valence electrons. The number of fused-ring (bicyclic) bond motifs is 1. The van der Waals surface area contributed by atoms with Gasteiger partial charge in [0.15, 0.2) is 0 Å². The van der Waals surface area contributed by atoms with Crippen molar-refractivity contribution < 1.29 is 0 Å². The van der Waals surface area contributed by atoms with Gasteiger partial charge in [-0.3, -0.25) is 4.98 Å². The Bertz CT molecular complexity index is 636. The molecule has 1 N–H and O–H groups in total. The topological polar surface area (TPSA) is 41.1 Å². The van der Waals surface area contributed by atoms with E-state index in [2.05, 4.69) is 15.2 Å². The molecule has 1 saturated heterocycles. The van der Waals surface area contributed by atoms with Gasteiger partial charge >= 0.3 is 0 Å². The summed E-state index contributed by atoms with van der Waals surface area (Å²) in [7, 11) is 0. The zero-order chi connectivity index (χ0) is 14.8. The number of hydrogen-bond acceptors (Lipinski definition) is 4. The van der Waals surface area contributed by atoms with E-state index >= 15 is 0 Å². The number of anilines is 1. The minimum Gasteiger partial charge on any atom is -0.352 e. The molecule has 1 saturated carbocycles. The monoisotopic (exact) mass is 296 g/mol. The van der Waals surface area contributed by atoms with Gasteiger partial charge < -0.3 is 10.2 Å². The number of benzene rings is 1. The third kappa shape index (κ3) is 2.80. The molecule has 2 heterocycles. The van der Waals surface area contributed by atoms with Crippen LogP contribution in [0.2, 0.25) is 0 Å². The molecule has 2 aromatic rings. The Morgan fingerprint density at radius 2 is 1.86 bits per heavy atom. The van der Waals surface area contributed by atoms with Crippen LogP contribution in [-0.2, 0) is 0 Å². The molecule has 0 bridgehead atoms. The molecule has 4 heteroatoms. The van der Waals surface area contributed by atoms with E-state index in [4.69, 9.17) is 4.98 Å². The number of nitrogens with zero attached hydrogens (tertiary/aromatic N) is 3. The first-order valence-corrected chi connectivity index (χ1v) is 8.60. The van der Waals surface area contributed by atoms with Crippen LogP contribution in [0, 0.1) is 5.92 Å². The summed E-state index contributed by atoms with van der Waals surface area (Å²) in [5, 5.41) is 3.74. The summed E-state index contributed by atoms with van der Waals surface area (Å²) in [6.45, 7) is 3.14. The van der Waals surface area contributed by atoms with E-state index in [-0.39, 0.29) is 0 Å². The van der Waals surface area contributed by atoms with E-state index in [0.29, 0.717) is 6.04 Å². The van der Waals surface area contributed by atoms with E-state index in [1.54, 1.807) is 0 Å². The van der Waals surface area contributed by atoms with E-state index in [0.717, 1.165) is 42.4 Å². The standard InChI is InChI=1S/C18H24N4/c1-2-6-14(7-3-1)17-13-22(11-10-19-17)18-12-20-15-8-4-5-9-16(15)21-18/h4-5,8-9,12,14,17,19H,1-3,6-7,10-11,13H2/t17-/m0/s1. The van der Waals surface area contributed by atoms with Crippen molar-refractivity contribution in [3.63, 3.8) is 0 Å². The molecule has 0 amide bonds. The first-order chi connectivity index (χ1) is 10.9. The lowest BCUT2D eigenvalue weighted by atomic mass is 9.83. The number of piperazine rings is 1. The lowest BCUT2D eigenvalue weighted by Crippen LogP contribution is -2.54. The van der Waals surface area contributed by atoms with Gasteiger partial charge in [0.25, 0.3) is 0 Å². The predicted octanol–water partition coefficient (Wildman–Crippen LogP) is 2.99. The van der Waals surface area contributed by atoms with Crippen molar-refractivity contribution >= 4 is 16.9 Å². The highest BCUT2D eigenvalue weighted by Gasteiger charge is 2.28. The van der Waals surface area contributed by atoms with Crippen molar-refractivity contribution in [2.75, 3.05) is 24.5 Å². The second kappa shape index (κ2) is 6.21. The first-order valence-electron chi connectivity index (χ1n) is 8.60. The molecule has 0 radical (unpaired) electrons. The Hall–Kier alpha value is -1.68. The van der Waals surface area contributed by atoms with Gasteiger partial charge in [0.2, 0.25) is 0 Å². The fourth-order valence-corrected chi connectivity index (χ4v) is 3.94. The Morgan fingerprint density at radius 3 is 2.73 bits per heavy atom. The molecule has 1 aromatic heterocycles. The van der Waals surface area contributed by atoms with Gasteiger partial charge in [0.05, 0.1) is 17.2 Å². The molecule has 1 atom stereocenters. The van der Waals surface area contributed by atoms with E-state index in [9.17, 15) is 0 Å². The summed E-state index contributed by atoms with van der Waals surface area (Å²) in [6, 6.07) is 8.73. The lowest BCUT2D eigenvalue weighted by Gasteiger charge is -2.39. The van der Waals surface area contributed by atoms with Crippen LogP contribution in [-0.4, -0.2) is 35.6 Å². The number of nitrogens with one attached hydrogen (secondary N) is 1. The van der Waals surface area contributed by atoms with Gasteiger partial charge in [-0.05, 0) is 30.9 Å². The van der Waals surface area contributed by atoms with E-state index < -0.39 is 0 Å². The van der Waals surface area contributed by atoms with Crippen LogP contribution in [0.1, 0.15) is 32.1 Å². The molecule has 1 aliphatic heterocycles. The maximum atomic E-state index is 4.81. The largest absolute Gasteiger partial charge is 0.352 e. The zero-order valence-corrected chi connectivity index (χ0v) is 13.0. The van der Waals surface area contributed by atoms with E-state index in [1.807, 2.05) is 30.5 Å². The number of aromatic nitrogens is 2. The van der Waals surface area contributed by atoms with Crippen LogP contribution in [0.4, 0.5) is 5.82 Å². The van der Waals surface area contributed by atoms with Crippen LogP contribution in [0.3, 0.4) is 0 Å². The number of rotatable bonds is 2. The highest BCUT2D eigenvalue weighted by molar-refractivity contribution is 5.75. The minimum absolute atomic E-state index is 0.613. The first kappa shape index (κ1) is 13.9. The van der Waals surface area contributed by atoms with Gasteiger partial charge in [-0.15, -0.1) is 0 Å². The van der Waals surface area contributed by atoms with Gasteiger partial charge in [-0.1, -0.05) is 31.4 Å². The summed E-state index contributed by atoms with van der Waals surface area (Å²) in [4.78, 5) is 11.8. The van der Waals surface area contributed by atoms with Crippen LogP contribution in [0.5, 0.6) is 0 Å². The lowest BCUT2D eigenvalue weighted by molar-refractivity contribution is 0.257. The maximum absolute atomic E-state index is 4.81. The third-order valence-electron chi connectivity index (χ3n) is 5.18. The molecule has 4 rings (SSSR count). The molecule has 1 aromatic carbocycles. The normalized spacial score (nSPS) is 23.8. The number of para-hydroxylation sites is 2. The molecule has 0 unspecified atom stereocenters. The maximum Gasteiger partial charge on any atom is 0.147 e. The van der Waals surface area contributed by atoms with Gasteiger partial charge in [0.1, 0.15) is 5.82 Å². The molecular formula is C18H24N4. The molecule has 22 heavy (non-hydrogen) atoms. The minimum atomic E-state index is 0.613. The smallest absolute Gasteiger partial charge is 0.147 e. The van der Waals surface area contributed by atoms with Crippen LogP contribution in [0.25, 0.3) is 11.0 Å². The average Bonchev–Trinajstić information content (AvgIpc) is 2.62. The second-order valence-corrected chi connectivity index (χ2v) is 6.62. The third-order valence-corrected chi connectivity index (χ3v) is 5.18. The zero-order valence-electron chi connectivity index (χ0n) is 13.0. The molecule has 2 aliphatic rings. The summed E-state index contributed by atoms with van der Waals surface area (Å²) < 4.78 is 0. The molecule has 2 fully saturated rings. The van der Waals surface area contributed by atoms with Gasteiger partial charge in [-0.25, -0.2) is 4.98 Å². The van der Waals surface area contributed by atoms with Crippen molar-refractivity contribution in [3.8, 4) is 0 Å². The SMILES string of the molecule is c1ccc2nc(N3CCN[C@H](C4CCCCC4)C3)cnc2c1. The van der Waals surface area contributed by atoms with Crippen LogP contribution in [0.15, 0.2) is 30.5 Å². The predicted molar refractivity (Wildman–Crippen MR) is 90.1 cm³/mol. The Balaban J connectivity index is 1.52. The van der Waals surface area contributed by atoms with E-state index in [1.165, 1.54) is 32.1 Å². The highest BCUT2D eigenvalue weighted by Crippen LogP contribution is 2.28. The molecule has 0 spiro atoms. The highest BCUT2D eigenvalue weighted by atomic mass is 15.2. The van der Waals surface area contributed by atoms with Crippen molar-refractivity contribution in [2.24, 2.45) is 5.92 Å². The van der Waals surface area contributed by atoms with Crippen molar-refractivity contribution in [2.45, 2.75) is 38.1 Å². The van der Waals surface area contributed by atoms with Crippen molar-refractivity contribution in [1.82, 2.24) is 15.3 Å². The summed E-state index contributed by atoms with van der Waals surface area (Å²) >= 11 is 0. The van der Waals surface area contributed by atoms with Crippen LogP contribution >= 0.6 is 0 Å². The fraction of sp³-hybridized carbons (Fsp3) is 0.556. The quantitative estimate of drug-likeness (QED) is 0.925. The molecular weight excluding hydrogens is 272 g/mol. The second-order valence-electron chi connectivity index (χ2n) is 6.62. The summed E-state index contributed by atoms with van der Waals surface area (Å²) in [5.74, 6) is 1.87. The van der Waals surface area contributed by atoms with Gasteiger partial charge in [0, 0.05) is 25.7 Å². The van der Waals surface area contributed by atoms with Crippen molar-refractivity contribution in [1.29, 1.82) is 0 Å². The summed E-state index contributed by atoms with van der Waals surface area (Å²) in [6.07, 6.45) is 8.93.